The van der Waals surface area contributed by atoms with Crippen molar-refractivity contribution >= 4 is 0 Å². The smallest absolute Gasteiger partial charge is 0.255 e. The van der Waals surface area contributed by atoms with E-state index in [1.54, 1.807) is 12.4 Å². The molecular formula is C13H14N4O. The second-order valence-electron chi connectivity index (χ2n) is 4.46. The lowest BCUT2D eigenvalue weighted by molar-refractivity contribution is 0.621. The van der Waals surface area contributed by atoms with Gasteiger partial charge in [0, 0.05) is 37.5 Å². The summed E-state index contributed by atoms with van der Waals surface area (Å²) in [6, 6.07) is 1.91. The molecule has 5 heteroatoms. The molecular weight excluding hydrogens is 228 g/mol. The Balaban J connectivity index is 2.17. The van der Waals surface area contributed by atoms with Crippen LogP contribution in [0.4, 0.5) is 0 Å². The van der Waals surface area contributed by atoms with Crippen molar-refractivity contribution in [3.63, 3.8) is 0 Å². The third kappa shape index (κ3) is 1.82. The molecule has 3 heterocycles. The Bertz CT molecular complexity index is 648. The highest BCUT2D eigenvalue weighted by Gasteiger charge is 2.16. The van der Waals surface area contributed by atoms with E-state index in [1.165, 1.54) is 0 Å². The van der Waals surface area contributed by atoms with Crippen molar-refractivity contribution in [1.29, 1.82) is 0 Å². The van der Waals surface area contributed by atoms with Crippen LogP contribution in [-0.2, 0) is 13.0 Å². The van der Waals surface area contributed by atoms with E-state index in [1.807, 2.05) is 13.0 Å². The molecule has 2 aromatic rings. The maximum absolute atomic E-state index is 12.0. The molecule has 18 heavy (non-hydrogen) atoms. The molecule has 0 radical (unpaired) electrons. The summed E-state index contributed by atoms with van der Waals surface area (Å²) in [5.41, 5.74) is 3.55. The molecule has 1 aliphatic rings. The molecule has 5 nitrogen and oxygen atoms in total. The van der Waals surface area contributed by atoms with Gasteiger partial charge in [0.05, 0.1) is 11.3 Å². The van der Waals surface area contributed by atoms with Crippen LogP contribution >= 0.6 is 0 Å². The second-order valence-corrected chi connectivity index (χ2v) is 4.46. The zero-order valence-electron chi connectivity index (χ0n) is 10.2. The molecule has 1 aliphatic heterocycles. The number of nitrogens with one attached hydrogen (secondary N) is 2. The summed E-state index contributed by atoms with van der Waals surface area (Å²) in [5, 5.41) is 3.18. The van der Waals surface area contributed by atoms with E-state index in [9.17, 15) is 4.79 Å². The molecule has 0 saturated carbocycles. The molecule has 0 fully saturated rings. The predicted molar refractivity (Wildman–Crippen MR) is 68.2 cm³/mol. The van der Waals surface area contributed by atoms with Crippen molar-refractivity contribution in [1.82, 2.24) is 20.3 Å². The Morgan fingerprint density at radius 1 is 1.39 bits per heavy atom. The summed E-state index contributed by atoms with van der Waals surface area (Å²) >= 11 is 0. The topological polar surface area (TPSA) is 70.7 Å². The van der Waals surface area contributed by atoms with Gasteiger partial charge in [-0.15, -0.1) is 0 Å². The van der Waals surface area contributed by atoms with Crippen molar-refractivity contribution in [3.8, 4) is 11.4 Å². The minimum absolute atomic E-state index is 0.0505. The Kier molecular flexibility index (Phi) is 2.68. The molecule has 2 N–H and O–H groups in total. The number of H-pyrrole nitrogens is 1. The zero-order chi connectivity index (χ0) is 12.5. The van der Waals surface area contributed by atoms with Crippen molar-refractivity contribution in [2.75, 3.05) is 6.54 Å². The standard InChI is InChI=1S/C13H14N4O/c1-8-2-4-14-6-9(8)12-16-11-3-5-15-7-10(11)13(18)17-12/h2,4,6,15H,3,5,7H2,1H3,(H,16,17,18). The number of aryl methyl sites for hydroxylation is 1. The van der Waals surface area contributed by atoms with Gasteiger partial charge in [-0.05, 0) is 18.6 Å². The summed E-state index contributed by atoms with van der Waals surface area (Å²) in [7, 11) is 0. The summed E-state index contributed by atoms with van der Waals surface area (Å²) in [5.74, 6) is 0.617. The number of rotatable bonds is 1. The fraction of sp³-hybridized carbons (Fsp3) is 0.308. The molecule has 2 aromatic heterocycles. The van der Waals surface area contributed by atoms with Crippen molar-refractivity contribution < 1.29 is 0 Å². The fourth-order valence-corrected chi connectivity index (χ4v) is 2.19. The number of aromatic amines is 1. The van der Waals surface area contributed by atoms with Gasteiger partial charge in [0.2, 0.25) is 0 Å². The highest BCUT2D eigenvalue weighted by molar-refractivity contribution is 5.58. The summed E-state index contributed by atoms with van der Waals surface area (Å²) in [6.07, 6.45) is 4.27. The molecule has 92 valence electrons. The van der Waals surface area contributed by atoms with Crippen LogP contribution in [0.1, 0.15) is 16.8 Å². The number of nitrogens with zero attached hydrogens (tertiary/aromatic N) is 2. The van der Waals surface area contributed by atoms with E-state index in [2.05, 4.69) is 20.3 Å². The first-order valence-electron chi connectivity index (χ1n) is 5.99. The van der Waals surface area contributed by atoms with Gasteiger partial charge in [0.15, 0.2) is 0 Å². The van der Waals surface area contributed by atoms with Crippen LogP contribution in [0, 0.1) is 6.92 Å². The largest absolute Gasteiger partial charge is 0.312 e. The number of pyridine rings is 1. The van der Waals surface area contributed by atoms with Crippen LogP contribution in [0.5, 0.6) is 0 Å². The van der Waals surface area contributed by atoms with Crippen LogP contribution in [0.3, 0.4) is 0 Å². The second kappa shape index (κ2) is 4.34. The van der Waals surface area contributed by atoms with Crippen LogP contribution < -0.4 is 10.9 Å². The number of fused-ring (bicyclic) bond motifs is 1. The Labute approximate surface area is 104 Å². The SMILES string of the molecule is Cc1ccncc1-c1nc2c(c(=O)[nH]1)CNCC2. The van der Waals surface area contributed by atoms with Crippen molar-refractivity contribution in [3.05, 3.63) is 45.6 Å². The summed E-state index contributed by atoms with van der Waals surface area (Å²) in [4.78, 5) is 23.5. The van der Waals surface area contributed by atoms with Crippen LogP contribution in [0.2, 0.25) is 0 Å². The van der Waals surface area contributed by atoms with Gasteiger partial charge in [0.25, 0.3) is 5.56 Å². The highest BCUT2D eigenvalue weighted by Crippen LogP contribution is 2.18. The first kappa shape index (κ1) is 11.1. The van der Waals surface area contributed by atoms with Crippen molar-refractivity contribution in [2.45, 2.75) is 19.9 Å². The van der Waals surface area contributed by atoms with Gasteiger partial charge in [-0.1, -0.05) is 0 Å². The molecule has 0 atom stereocenters. The van der Waals surface area contributed by atoms with E-state index in [0.717, 1.165) is 35.3 Å². The van der Waals surface area contributed by atoms with Crippen LogP contribution in [-0.4, -0.2) is 21.5 Å². The molecule has 0 unspecified atom stereocenters. The fourth-order valence-electron chi connectivity index (χ4n) is 2.19. The molecule has 0 aromatic carbocycles. The van der Waals surface area contributed by atoms with Crippen molar-refractivity contribution in [2.24, 2.45) is 0 Å². The number of hydrogen-bond acceptors (Lipinski definition) is 4. The lowest BCUT2D eigenvalue weighted by atomic mass is 10.1. The molecule has 0 bridgehead atoms. The molecule has 0 spiro atoms. The average molecular weight is 242 g/mol. The van der Waals surface area contributed by atoms with E-state index in [0.29, 0.717) is 12.4 Å². The average Bonchev–Trinajstić information content (AvgIpc) is 2.39. The lowest BCUT2D eigenvalue weighted by Crippen LogP contribution is -2.31. The summed E-state index contributed by atoms with van der Waals surface area (Å²) in [6.45, 7) is 3.46. The predicted octanol–water partition coefficient (Wildman–Crippen LogP) is 0.786. The normalized spacial score (nSPS) is 14.3. The van der Waals surface area contributed by atoms with Gasteiger partial charge in [-0.25, -0.2) is 4.98 Å². The van der Waals surface area contributed by atoms with E-state index >= 15 is 0 Å². The zero-order valence-corrected chi connectivity index (χ0v) is 10.2. The maximum Gasteiger partial charge on any atom is 0.255 e. The maximum atomic E-state index is 12.0. The molecule has 3 rings (SSSR count). The third-order valence-corrected chi connectivity index (χ3v) is 3.24. The van der Waals surface area contributed by atoms with Gasteiger partial charge >= 0.3 is 0 Å². The van der Waals surface area contributed by atoms with E-state index in [4.69, 9.17) is 0 Å². The highest BCUT2D eigenvalue weighted by atomic mass is 16.1. The quantitative estimate of drug-likeness (QED) is 0.775. The van der Waals surface area contributed by atoms with E-state index < -0.39 is 0 Å². The molecule has 0 saturated heterocycles. The number of aromatic nitrogens is 3. The number of hydrogen-bond donors (Lipinski definition) is 2. The molecule has 0 amide bonds. The summed E-state index contributed by atoms with van der Waals surface area (Å²) < 4.78 is 0. The van der Waals surface area contributed by atoms with E-state index in [-0.39, 0.29) is 5.56 Å². The first-order chi connectivity index (χ1) is 8.75. The Morgan fingerprint density at radius 2 is 2.28 bits per heavy atom. The lowest BCUT2D eigenvalue weighted by Gasteiger charge is -2.16. The molecule has 0 aliphatic carbocycles. The van der Waals surface area contributed by atoms with Gasteiger partial charge in [-0.3, -0.25) is 9.78 Å². The van der Waals surface area contributed by atoms with Gasteiger partial charge in [-0.2, -0.15) is 0 Å². The minimum atomic E-state index is -0.0505. The van der Waals surface area contributed by atoms with Crippen LogP contribution in [0.15, 0.2) is 23.3 Å². The minimum Gasteiger partial charge on any atom is -0.312 e. The van der Waals surface area contributed by atoms with Gasteiger partial charge in [0.1, 0.15) is 5.82 Å². The third-order valence-electron chi connectivity index (χ3n) is 3.24. The Hall–Kier alpha value is -2.01. The first-order valence-corrected chi connectivity index (χ1v) is 5.99. The van der Waals surface area contributed by atoms with Crippen LogP contribution in [0.25, 0.3) is 11.4 Å². The van der Waals surface area contributed by atoms with Gasteiger partial charge < -0.3 is 10.3 Å². The Morgan fingerprint density at radius 3 is 3.11 bits per heavy atom. The monoisotopic (exact) mass is 242 g/mol.